The summed E-state index contributed by atoms with van der Waals surface area (Å²) in [7, 11) is 0. The van der Waals surface area contributed by atoms with Gasteiger partial charge in [-0.25, -0.2) is 4.98 Å². The van der Waals surface area contributed by atoms with Crippen molar-refractivity contribution in [3.05, 3.63) is 76.6 Å². The number of halogens is 1. The lowest BCUT2D eigenvalue weighted by Crippen LogP contribution is -2.19. The number of hydrogen-bond acceptors (Lipinski definition) is 3. The number of hydrogen-bond donors (Lipinski definition) is 0. The van der Waals surface area contributed by atoms with Gasteiger partial charge < -0.3 is 0 Å². The first-order valence-corrected chi connectivity index (χ1v) is 8.92. The molecule has 0 bridgehead atoms. The Balaban J connectivity index is 1.95. The Kier molecular flexibility index (Phi) is 6.15. The molecule has 1 saturated heterocycles. The Morgan fingerprint density at radius 2 is 1.88 bits per heavy atom. The number of pyridine rings is 1. The highest BCUT2D eigenvalue weighted by Gasteiger charge is 2.12. The van der Waals surface area contributed by atoms with Crippen LogP contribution in [0.25, 0.3) is 11.6 Å². The van der Waals surface area contributed by atoms with Gasteiger partial charge in [0.2, 0.25) is 0 Å². The minimum Gasteiger partial charge on any atom is -0.300 e. The predicted octanol–water partition coefficient (Wildman–Crippen LogP) is 4.47. The van der Waals surface area contributed by atoms with E-state index in [1.54, 1.807) is 6.08 Å². The maximum Gasteiger partial charge on any atom is 0.142 e. The molecule has 1 aromatic carbocycles. The van der Waals surface area contributed by atoms with Crippen LogP contribution in [0.5, 0.6) is 0 Å². The van der Waals surface area contributed by atoms with Gasteiger partial charge in [-0.2, -0.15) is 0 Å². The third kappa shape index (κ3) is 4.88. The summed E-state index contributed by atoms with van der Waals surface area (Å²) in [5.41, 5.74) is 3.85. The van der Waals surface area contributed by atoms with E-state index < -0.39 is 0 Å². The Labute approximate surface area is 153 Å². The summed E-state index contributed by atoms with van der Waals surface area (Å²) in [4.78, 5) is 17.7. The maximum atomic E-state index is 10.6. The number of carbonyl (C=O) groups is 1. The van der Waals surface area contributed by atoms with Crippen LogP contribution in [-0.4, -0.2) is 35.8 Å². The maximum absolute atomic E-state index is 10.6. The van der Waals surface area contributed by atoms with Crippen LogP contribution in [0.15, 0.2) is 54.6 Å². The van der Waals surface area contributed by atoms with E-state index in [-0.39, 0.29) is 0 Å². The van der Waals surface area contributed by atoms with Crippen molar-refractivity contribution in [3.8, 4) is 0 Å². The van der Waals surface area contributed by atoms with E-state index in [4.69, 9.17) is 11.6 Å². The van der Waals surface area contributed by atoms with E-state index in [0.29, 0.717) is 0 Å². The fourth-order valence-electron chi connectivity index (χ4n) is 3.02. The average molecular weight is 353 g/mol. The highest BCUT2D eigenvalue weighted by atomic mass is 35.5. The summed E-state index contributed by atoms with van der Waals surface area (Å²) in [6, 6.07) is 13.7. The fraction of sp³-hybridized carbons (Fsp3) is 0.238. The zero-order valence-electron chi connectivity index (χ0n) is 14.1. The lowest BCUT2D eigenvalue weighted by atomic mass is 10.0. The first kappa shape index (κ1) is 17.6. The van der Waals surface area contributed by atoms with E-state index >= 15 is 0 Å². The summed E-state index contributed by atoms with van der Waals surface area (Å²) in [6.07, 6.45) is 8.73. The van der Waals surface area contributed by atoms with Gasteiger partial charge in [0.25, 0.3) is 0 Å². The van der Waals surface area contributed by atoms with E-state index in [9.17, 15) is 4.79 Å². The third-order valence-corrected chi connectivity index (χ3v) is 4.55. The Morgan fingerprint density at radius 1 is 1.12 bits per heavy atom. The van der Waals surface area contributed by atoms with Gasteiger partial charge in [0.05, 0.1) is 11.4 Å². The normalized spacial score (nSPS) is 15.8. The zero-order valence-corrected chi connectivity index (χ0v) is 14.8. The number of aldehydes is 1. The molecule has 3 nitrogen and oxygen atoms in total. The molecule has 0 unspecified atom stereocenters. The van der Waals surface area contributed by atoms with Crippen LogP contribution in [0.4, 0.5) is 0 Å². The van der Waals surface area contributed by atoms with Crippen molar-refractivity contribution in [1.29, 1.82) is 0 Å². The Hall–Kier alpha value is -2.23. The highest BCUT2D eigenvalue weighted by Crippen LogP contribution is 2.24. The highest BCUT2D eigenvalue weighted by molar-refractivity contribution is 6.30. The minimum absolute atomic E-state index is 0.721. The molecule has 0 atom stereocenters. The third-order valence-electron chi connectivity index (χ3n) is 4.30. The fourth-order valence-corrected chi connectivity index (χ4v) is 3.14. The van der Waals surface area contributed by atoms with Crippen LogP contribution >= 0.6 is 11.6 Å². The van der Waals surface area contributed by atoms with Gasteiger partial charge in [-0.3, -0.25) is 9.69 Å². The van der Waals surface area contributed by atoms with E-state index in [0.717, 1.165) is 53.5 Å². The SMILES string of the molecule is O=CC=Cc1cccc(C(=CCN2CCCC2)c2ccc(Cl)cc2)n1. The second-order valence-corrected chi connectivity index (χ2v) is 6.51. The Morgan fingerprint density at radius 3 is 2.60 bits per heavy atom. The van der Waals surface area contributed by atoms with Crippen LogP contribution in [0, 0.1) is 0 Å². The van der Waals surface area contributed by atoms with Gasteiger partial charge in [-0.15, -0.1) is 0 Å². The van der Waals surface area contributed by atoms with Gasteiger partial charge in [0, 0.05) is 17.1 Å². The summed E-state index contributed by atoms with van der Waals surface area (Å²) in [5.74, 6) is 0. The predicted molar refractivity (Wildman–Crippen MR) is 104 cm³/mol. The molecular formula is C21H21ClN2O. The lowest BCUT2D eigenvalue weighted by Gasteiger charge is -2.14. The number of nitrogens with zero attached hydrogens (tertiary/aromatic N) is 2. The van der Waals surface area contributed by atoms with Crippen LogP contribution in [0.3, 0.4) is 0 Å². The summed E-state index contributed by atoms with van der Waals surface area (Å²) >= 11 is 6.04. The van der Waals surface area contributed by atoms with Gasteiger partial charge in [0.15, 0.2) is 0 Å². The van der Waals surface area contributed by atoms with Crippen LogP contribution in [0.2, 0.25) is 5.02 Å². The average Bonchev–Trinajstić information content (AvgIpc) is 3.15. The van der Waals surface area contributed by atoms with Crippen molar-refractivity contribution in [2.75, 3.05) is 19.6 Å². The molecule has 4 heteroatoms. The largest absolute Gasteiger partial charge is 0.300 e. The molecule has 1 aliphatic rings. The molecular weight excluding hydrogens is 332 g/mol. The lowest BCUT2D eigenvalue weighted by molar-refractivity contribution is -0.104. The quantitative estimate of drug-likeness (QED) is 0.568. The van der Waals surface area contributed by atoms with Crippen molar-refractivity contribution in [2.45, 2.75) is 12.8 Å². The van der Waals surface area contributed by atoms with E-state index in [2.05, 4.69) is 16.0 Å². The van der Waals surface area contributed by atoms with Gasteiger partial charge >= 0.3 is 0 Å². The number of rotatable bonds is 6. The number of carbonyl (C=O) groups excluding carboxylic acids is 1. The molecule has 128 valence electrons. The van der Waals surface area contributed by atoms with Gasteiger partial charge in [0.1, 0.15) is 6.29 Å². The molecule has 1 aromatic heterocycles. The second-order valence-electron chi connectivity index (χ2n) is 6.08. The molecule has 0 amide bonds. The second kappa shape index (κ2) is 8.75. The van der Waals surface area contributed by atoms with Gasteiger partial charge in [-0.1, -0.05) is 35.9 Å². The standard InChI is InChI=1S/C21H21ClN2O/c22-18-10-8-17(9-11-18)20(12-15-24-13-1-2-14-24)21-7-3-5-19(23-21)6-4-16-25/h3-12,16H,1-2,13-15H2. The van der Waals surface area contributed by atoms with Crippen molar-refractivity contribution in [3.63, 3.8) is 0 Å². The monoisotopic (exact) mass is 352 g/mol. The van der Waals surface area contributed by atoms with Crippen molar-refractivity contribution in [1.82, 2.24) is 9.88 Å². The van der Waals surface area contributed by atoms with E-state index in [1.165, 1.54) is 18.9 Å². The van der Waals surface area contributed by atoms with Crippen LogP contribution in [-0.2, 0) is 4.79 Å². The molecule has 0 saturated carbocycles. The van der Waals surface area contributed by atoms with Crippen LogP contribution < -0.4 is 0 Å². The molecule has 3 rings (SSSR count). The molecule has 0 N–H and O–H groups in total. The minimum atomic E-state index is 0.721. The molecule has 0 radical (unpaired) electrons. The molecule has 2 heterocycles. The molecule has 1 fully saturated rings. The van der Waals surface area contributed by atoms with Crippen LogP contribution in [0.1, 0.15) is 29.8 Å². The first-order valence-electron chi connectivity index (χ1n) is 8.54. The van der Waals surface area contributed by atoms with Crippen molar-refractivity contribution < 1.29 is 4.79 Å². The topological polar surface area (TPSA) is 33.2 Å². The van der Waals surface area contributed by atoms with E-state index in [1.807, 2.05) is 42.5 Å². The zero-order chi connectivity index (χ0) is 17.5. The molecule has 2 aromatic rings. The van der Waals surface area contributed by atoms with Crippen molar-refractivity contribution >= 4 is 29.5 Å². The smallest absolute Gasteiger partial charge is 0.142 e. The summed E-state index contributed by atoms with van der Waals surface area (Å²) in [6.45, 7) is 3.22. The number of likely N-dealkylation sites (tertiary alicyclic amines) is 1. The number of allylic oxidation sites excluding steroid dienone is 1. The van der Waals surface area contributed by atoms with Gasteiger partial charge in [-0.05, 0) is 67.9 Å². The number of aromatic nitrogens is 1. The number of benzene rings is 1. The molecule has 1 aliphatic heterocycles. The molecule has 25 heavy (non-hydrogen) atoms. The van der Waals surface area contributed by atoms with Crippen molar-refractivity contribution in [2.24, 2.45) is 0 Å². The molecule has 0 aliphatic carbocycles. The Bertz CT molecular complexity index is 775. The molecule has 0 spiro atoms. The summed E-state index contributed by atoms with van der Waals surface area (Å²) in [5, 5.41) is 0.721. The summed E-state index contributed by atoms with van der Waals surface area (Å²) < 4.78 is 0. The first-order chi connectivity index (χ1) is 12.3.